The minimum absolute atomic E-state index is 0. The van der Waals surface area contributed by atoms with Crippen molar-refractivity contribution < 1.29 is 4.79 Å². The molecular weight excluding hydrogens is 345 g/mol. The lowest BCUT2D eigenvalue weighted by atomic mass is 10.1. The average molecular weight is 368 g/mol. The van der Waals surface area contributed by atoms with Gasteiger partial charge in [-0.15, -0.1) is 24.8 Å². The Balaban J connectivity index is 0.00000144. The summed E-state index contributed by atoms with van der Waals surface area (Å²) in [6.07, 6.45) is 2.32. The molecule has 3 rings (SSSR count). The Morgan fingerprint density at radius 3 is 2.58 bits per heavy atom. The van der Waals surface area contributed by atoms with Crippen LogP contribution < -0.4 is 10.6 Å². The second-order valence-electron chi connectivity index (χ2n) is 5.70. The molecule has 0 saturated carbocycles. The van der Waals surface area contributed by atoms with Gasteiger partial charge in [0.2, 0.25) is 0 Å². The van der Waals surface area contributed by atoms with Gasteiger partial charge in [0, 0.05) is 18.2 Å². The number of rotatable bonds is 4. The molecule has 1 fully saturated rings. The summed E-state index contributed by atoms with van der Waals surface area (Å²) in [6.45, 7) is 3.61. The largest absolute Gasteiger partial charge is 0.350 e. The molecule has 1 atom stereocenters. The van der Waals surface area contributed by atoms with Crippen molar-refractivity contribution in [3.63, 3.8) is 0 Å². The highest BCUT2D eigenvalue weighted by molar-refractivity contribution is 5.95. The maximum atomic E-state index is 12.3. The van der Waals surface area contributed by atoms with Crippen molar-refractivity contribution in [2.75, 3.05) is 13.1 Å². The molecule has 0 radical (unpaired) electrons. The molecule has 1 aromatic heterocycles. The number of halogens is 2. The van der Waals surface area contributed by atoms with Crippen molar-refractivity contribution in [2.24, 2.45) is 0 Å². The Bertz CT molecular complexity index is 659. The van der Waals surface area contributed by atoms with E-state index < -0.39 is 0 Å². The first kappa shape index (κ1) is 20.4. The zero-order valence-electron chi connectivity index (χ0n) is 13.6. The summed E-state index contributed by atoms with van der Waals surface area (Å²) in [6, 6.07) is 14.2. The van der Waals surface area contributed by atoms with Gasteiger partial charge in [0.05, 0.1) is 17.0 Å². The molecule has 0 spiro atoms. The van der Waals surface area contributed by atoms with E-state index >= 15 is 0 Å². The summed E-state index contributed by atoms with van der Waals surface area (Å²) in [5, 5.41) is 6.38. The van der Waals surface area contributed by atoms with Crippen LogP contribution in [0.3, 0.4) is 0 Å². The summed E-state index contributed by atoms with van der Waals surface area (Å²) in [5.74, 6) is -0.0432. The van der Waals surface area contributed by atoms with Crippen LogP contribution in [0.15, 0.2) is 42.5 Å². The van der Waals surface area contributed by atoms with Crippen molar-refractivity contribution >= 4 is 30.7 Å². The Kier molecular flexibility index (Phi) is 8.19. The maximum absolute atomic E-state index is 12.3. The average Bonchev–Trinajstić information content (AvgIpc) is 3.07. The number of pyridine rings is 1. The minimum atomic E-state index is -0.0432. The maximum Gasteiger partial charge on any atom is 0.253 e. The van der Waals surface area contributed by atoms with Gasteiger partial charge >= 0.3 is 0 Å². The first-order chi connectivity index (χ1) is 10.7. The minimum Gasteiger partial charge on any atom is -0.350 e. The third-order valence-corrected chi connectivity index (χ3v) is 4.07. The lowest BCUT2D eigenvalue weighted by Crippen LogP contribution is -2.37. The Labute approximate surface area is 155 Å². The zero-order valence-corrected chi connectivity index (χ0v) is 15.3. The van der Waals surface area contributed by atoms with Gasteiger partial charge in [-0.3, -0.25) is 9.78 Å². The van der Waals surface area contributed by atoms with E-state index in [1.54, 1.807) is 0 Å². The first-order valence-electron chi connectivity index (χ1n) is 7.78. The SMILES string of the molecule is Cc1nc(-c2ccccc2)ccc1C(=O)NCC1CCCN1.Cl.Cl. The van der Waals surface area contributed by atoms with Gasteiger partial charge in [-0.05, 0) is 38.4 Å². The summed E-state index contributed by atoms with van der Waals surface area (Å²) >= 11 is 0. The van der Waals surface area contributed by atoms with E-state index in [0.717, 1.165) is 29.9 Å². The van der Waals surface area contributed by atoms with Crippen molar-refractivity contribution in [1.82, 2.24) is 15.6 Å². The third-order valence-electron chi connectivity index (χ3n) is 4.07. The van der Waals surface area contributed by atoms with Crippen LogP contribution in [-0.2, 0) is 0 Å². The highest BCUT2D eigenvalue weighted by atomic mass is 35.5. The van der Waals surface area contributed by atoms with Gasteiger partial charge in [-0.25, -0.2) is 0 Å². The smallest absolute Gasteiger partial charge is 0.253 e. The van der Waals surface area contributed by atoms with Gasteiger partial charge in [-0.2, -0.15) is 0 Å². The van der Waals surface area contributed by atoms with Crippen LogP contribution in [0.5, 0.6) is 0 Å². The number of aromatic nitrogens is 1. The van der Waals surface area contributed by atoms with Crippen molar-refractivity contribution in [3.05, 3.63) is 53.7 Å². The quantitative estimate of drug-likeness (QED) is 0.870. The molecule has 1 aromatic carbocycles. The number of nitrogens with zero attached hydrogens (tertiary/aromatic N) is 1. The van der Waals surface area contributed by atoms with Gasteiger partial charge in [0.1, 0.15) is 0 Å². The third kappa shape index (κ3) is 4.94. The predicted molar refractivity (Wildman–Crippen MR) is 102 cm³/mol. The fourth-order valence-corrected chi connectivity index (χ4v) is 2.81. The van der Waals surface area contributed by atoms with Gasteiger partial charge in [0.25, 0.3) is 5.91 Å². The van der Waals surface area contributed by atoms with Crippen molar-refractivity contribution in [3.8, 4) is 11.3 Å². The normalized spacial score (nSPS) is 16.0. The van der Waals surface area contributed by atoms with E-state index in [2.05, 4.69) is 15.6 Å². The number of amides is 1. The summed E-state index contributed by atoms with van der Waals surface area (Å²) in [5.41, 5.74) is 3.37. The van der Waals surface area contributed by atoms with E-state index in [1.807, 2.05) is 49.4 Å². The van der Waals surface area contributed by atoms with Gasteiger partial charge in [-0.1, -0.05) is 30.3 Å². The molecule has 1 amide bonds. The standard InChI is InChI=1S/C18H21N3O.2ClH/c1-13-16(18(22)20-12-15-8-5-11-19-15)9-10-17(21-13)14-6-3-2-4-7-14;;/h2-4,6-7,9-10,15,19H,5,8,11-12H2,1H3,(H,20,22);2*1H. The van der Waals surface area contributed by atoms with Crippen LogP contribution in [-0.4, -0.2) is 30.0 Å². The van der Waals surface area contributed by atoms with Gasteiger partial charge in [0.15, 0.2) is 0 Å². The molecular formula is C18H23Cl2N3O. The predicted octanol–water partition coefficient (Wildman–Crippen LogP) is 3.38. The van der Waals surface area contributed by atoms with Crippen molar-refractivity contribution in [1.29, 1.82) is 0 Å². The molecule has 4 nitrogen and oxygen atoms in total. The number of aryl methyl sites for hydroxylation is 1. The first-order valence-corrected chi connectivity index (χ1v) is 7.78. The Hall–Kier alpha value is -1.62. The molecule has 0 bridgehead atoms. The lowest BCUT2D eigenvalue weighted by molar-refractivity contribution is 0.0949. The Morgan fingerprint density at radius 2 is 1.96 bits per heavy atom. The molecule has 1 aliphatic rings. The van der Waals surface area contributed by atoms with Crippen molar-refractivity contribution in [2.45, 2.75) is 25.8 Å². The summed E-state index contributed by atoms with van der Waals surface area (Å²) in [4.78, 5) is 16.9. The van der Waals surface area contributed by atoms with E-state index in [9.17, 15) is 4.79 Å². The molecule has 0 aliphatic carbocycles. The fraction of sp³-hybridized carbons (Fsp3) is 0.333. The number of carbonyl (C=O) groups excluding carboxylic acids is 1. The molecule has 2 heterocycles. The van der Waals surface area contributed by atoms with E-state index in [-0.39, 0.29) is 30.7 Å². The van der Waals surface area contributed by atoms with Crippen LogP contribution in [0.4, 0.5) is 0 Å². The Morgan fingerprint density at radius 1 is 1.21 bits per heavy atom. The number of hydrogen-bond acceptors (Lipinski definition) is 3. The van der Waals surface area contributed by atoms with Gasteiger partial charge < -0.3 is 10.6 Å². The summed E-state index contributed by atoms with van der Waals surface area (Å²) < 4.78 is 0. The molecule has 1 saturated heterocycles. The van der Waals surface area contributed by atoms with E-state index in [4.69, 9.17) is 0 Å². The second kappa shape index (κ2) is 9.62. The monoisotopic (exact) mass is 367 g/mol. The molecule has 6 heteroatoms. The molecule has 1 unspecified atom stereocenters. The van der Waals surface area contributed by atoms with E-state index in [0.29, 0.717) is 18.2 Å². The number of benzene rings is 1. The lowest BCUT2D eigenvalue weighted by Gasteiger charge is -2.13. The van der Waals surface area contributed by atoms with E-state index in [1.165, 1.54) is 6.42 Å². The van der Waals surface area contributed by atoms with Crippen LogP contribution in [0.25, 0.3) is 11.3 Å². The zero-order chi connectivity index (χ0) is 15.4. The highest BCUT2D eigenvalue weighted by Crippen LogP contribution is 2.18. The number of hydrogen-bond donors (Lipinski definition) is 2. The fourth-order valence-electron chi connectivity index (χ4n) is 2.81. The highest BCUT2D eigenvalue weighted by Gasteiger charge is 2.16. The molecule has 1 aliphatic heterocycles. The van der Waals surface area contributed by atoms with Crippen LogP contribution >= 0.6 is 24.8 Å². The molecule has 2 aromatic rings. The van der Waals surface area contributed by atoms with Crippen LogP contribution in [0.2, 0.25) is 0 Å². The second-order valence-corrected chi connectivity index (χ2v) is 5.70. The number of nitrogens with one attached hydrogen (secondary N) is 2. The molecule has 2 N–H and O–H groups in total. The number of carbonyl (C=O) groups is 1. The molecule has 130 valence electrons. The van der Waals surface area contributed by atoms with Crippen LogP contribution in [0.1, 0.15) is 28.9 Å². The van der Waals surface area contributed by atoms with Crippen LogP contribution in [0, 0.1) is 6.92 Å². The summed E-state index contributed by atoms with van der Waals surface area (Å²) in [7, 11) is 0. The topological polar surface area (TPSA) is 54.0 Å². The molecule has 24 heavy (non-hydrogen) atoms.